The average molecular weight is 459 g/mol. The molecule has 0 amide bonds. The monoisotopic (exact) mass is 458 g/mol. The van der Waals surface area contributed by atoms with Gasteiger partial charge in [0.05, 0.1) is 10.7 Å². The topological polar surface area (TPSA) is 70.4 Å². The molecule has 0 atom stereocenters. The summed E-state index contributed by atoms with van der Waals surface area (Å²) < 4.78 is 1.50. The van der Waals surface area contributed by atoms with Crippen LogP contribution in [0.3, 0.4) is 0 Å². The molecule has 5 rings (SSSR count). The number of halogens is 1. The van der Waals surface area contributed by atoms with E-state index in [0.717, 1.165) is 48.7 Å². The Labute approximate surface area is 196 Å². The van der Waals surface area contributed by atoms with Gasteiger partial charge in [0.25, 0.3) is 5.56 Å². The Kier molecular flexibility index (Phi) is 5.86. The second-order valence-corrected chi connectivity index (χ2v) is 8.32. The first kappa shape index (κ1) is 21.2. The molecule has 2 N–H and O–H groups in total. The largest absolute Gasteiger partial charge is 0.507 e. The Morgan fingerprint density at radius 2 is 1.67 bits per heavy atom. The molecule has 0 bridgehead atoms. The molecule has 0 aliphatic carbocycles. The van der Waals surface area contributed by atoms with Gasteiger partial charge in [-0.25, -0.2) is 4.98 Å². The van der Waals surface area contributed by atoms with Crippen LogP contribution in [0, 0.1) is 0 Å². The number of piperazine rings is 1. The van der Waals surface area contributed by atoms with Crippen molar-refractivity contribution in [2.24, 2.45) is 0 Å². The summed E-state index contributed by atoms with van der Waals surface area (Å²) >= 11 is 6.54. The lowest BCUT2D eigenvalue weighted by molar-refractivity contribution is 0.479. The molecule has 3 heterocycles. The maximum absolute atomic E-state index is 12.2. The number of nitrogens with zero attached hydrogens (tertiary/aromatic N) is 3. The van der Waals surface area contributed by atoms with E-state index in [1.807, 2.05) is 36.4 Å². The van der Waals surface area contributed by atoms with E-state index in [-0.39, 0.29) is 11.3 Å². The molecule has 166 valence electrons. The highest BCUT2D eigenvalue weighted by Crippen LogP contribution is 2.39. The van der Waals surface area contributed by atoms with E-state index >= 15 is 0 Å². The van der Waals surface area contributed by atoms with Crippen LogP contribution in [-0.4, -0.2) is 40.8 Å². The molecule has 0 spiro atoms. The molecular weight excluding hydrogens is 436 g/mol. The summed E-state index contributed by atoms with van der Waals surface area (Å²) in [6, 6.07) is 20.0. The minimum atomic E-state index is -0.157. The molecule has 0 radical (unpaired) electrons. The van der Waals surface area contributed by atoms with E-state index in [9.17, 15) is 9.90 Å². The standard InChI is InChI=1S/C26H23ClN4O2/c27-22-16-18(7-8-23(22)31-13-2-1-6-25(31)32)20-4-3-5-21(26(20)33)19-9-10-29-24(17-19)30-14-11-28-12-15-30/h1-10,13,16-17,28,33H,11-12,14-15H2. The summed E-state index contributed by atoms with van der Waals surface area (Å²) in [5, 5.41) is 15.0. The van der Waals surface area contributed by atoms with E-state index in [2.05, 4.69) is 15.2 Å². The number of benzene rings is 2. The molecule has 6 nitrogen and oxygen atoms in total. The van der Waals surface area contributed by atoms with Crippen molar-refractivity contribution in [2.75, 3.05) is 31.1 Å². The molecule has 2 aromatic carbocycles. The maximum atomic E-state index is 12.2. The lowest BCUT2D eigenvalue weighted by Crippen LogP contribution is -2.43. The van der Waals surface area contributed by atoms with Gasteiger partial charge >= 0.3 is 0 Å². The predicted molar refractivity (Wildman–Crippen MR) is 132 cm³/mol. The molecule has 2 aromatic heterocycles. The number of pyridine rings is 2. The number of aromatic nitrogens is 2. The molecule has 33 heavy (non-hydrogen) atoms. The zero-order chi connectivity index (χ0) is 22.8. The molecule has 1 fully saturated rings. The molecule has 0 unspecified atom stereocenters. The Hall–Kier alpha value is -3.61. The smallest absolute Gasteiger partial charge is 0.255 e. The summed E-state index contributed by atoms with van der Waals surface area (Å²) in [4.78, 5) is 18.9. The van der Waals surface area contributed by atoms with Crippen molar-refractivity contribution < 1.29 is 5.11 Å². The number of para-hydroxylation sites is 1. The van der Waals surface area contributed by atoms with Crippen LogP contribution in [0.5, 0.6) is 5.75 Å². The second kappa shape index (κ2) is 9.10. The van der Waals surface area contributed by atoms with Crippen molar-refractivity contribution >= 4 is 17.4 Å². The number of hydrogen-bond acceptors (Lipinski definition) is 5. The van der Waals surface area contributed by atoms with E-state index in [1.54, 1.807) is 36.7 Å². The minimum Gasteiger partial charge on any atom is -0.507 e. The molecule has 4 aromatic rings. The fourth-order valence-electron chi connectivity index (χ4n) is 4.16. The lowest BCUT2D eigenvalue weighted by atomic mass is 9.97. The third-order valence-corrected chi connectivity index (χ3v) is 6.18. The summed E-state index contributed by atoms with van der Waals surface area (Å²) in [5.74, 6) is 1.08. The van der Waals surface area contributed by atoms with Crippen LogP contribution in [-0.2, 0) is 0 Å². The van der Waals surface area contributed by atoms with Crippen LogP contribution in [0.15, 0.2) is 83.9 Å². The summed E-state index contributed by atoms with van der Waals surface area (Å²) in [7, 11) is 0. The first-order valence-corrected chi connectivity index (χ1v) is 11.2. The van der Waals surface area contributed by atoms with E-state index in [4.69, 9.17) is 11.6 Å². The van der Waals surface area contributed by atoms with Crippen LogP contribution in [0.1, 0.15) is 0 Å². The van der Waals surface area contributed by atoms with Crippen LogP contribution >= 0.6 is 11.6 Å². The number of phenols is 1. The van der Waals surface area contributed by atoms with Crippen LogP contribution in [0.2, 0.25) is 5.02 Å². The van der Waals surface area contributed by atoms with Crippen molar-refractivity contribution in [1.82, 2.24) is 14.9 Å². The Balaban J connectivity index is 1.51. The van der Waals surface area contributed by atoms with E-state index in [0.29, 0.717) is 16.3 Å². The number of aromatic hydroxyl groups is 1. The van der Waals surface area contributed by atoms with Gasteiger partial charge in [0, 0.05) is 55.8 Å². The van der Waals surface area contributed by atoms with Gasteiger partial charge in [0.15, 0.2) is 0 Å². The number of hydrogen-bond donors (Lipinski definition) is 2. The van der Waals surface area contributed by atoms with Crippen LogP contribution in [0.4, 0.5) is 5.82 Å². The Morgan fingerprint density at radius 1 is 0.909 bits per heavy atom. The summed E-state index contributed by atoms with van der Waals surface area (Å²) in [5.41, 5.74) is 3.50. The number of phenolic OH excluding ortho intramolecular Hbond substituents is 1. The SMILES string of the molecule is O=c1ccccn1-c1ccc(-c2cccc(-c3ccnc(N4CCNCC4)c3)c2O)cc1Cl. The van der Waals surface area contributed by atoms with E-state index in [1.165, 1.54) is 10.6 Å². The number of nitrogens with one attached hydrogen (secondary N) is 1. The summed E-state index contributed by atoms with van der Waals surface area (Å²) in [6.07, 6.45) is 3.46. The number of anilines is 1. The van der Waals surface area contributed by atoms with E-state index < -0.39 is 0 Å². The highest BCUT2D eigenvalue weighted by molar-refractivity contribution is 6.32. The zero-order valence-corrected chi connectivity index (χ0v) is 18.7. The van der Waals surface area contributed by atoms with Gasteiger partial charge in [-0.1, -0.05) is 41.9 Å². The molecule has 0 saturated carbocycles. The third-order valence-electron chi connectivity index (χ3n) is 5.87. The van der Waals surface area contributed by atoms with Gasteiger partial charge in [0.2, 0.25) is 0 Å². The highest BCUT2D eigenvalue weighted by Gasteiger charge is 2.16. The van der Waals surface area contributed by atoms with Crippen molar-refractivity contribution in [2.45, 2.75) is 0 Å². The van der Waals surface area contributed by atoms with Crippen LogP contribution < -0.4 is 15.8 Å². The molecule has 1 aliphatic rings. The molecule has 1 saturated heterocycles. The van der Waals surface area contributed by atoms with Crippen LogP contribution in [0.25, 0.3) is 27.9 Å². The quantitative estimate of drug-likeness (QED) is 0.476. The second-order valence-electron chi connectivity index (χ2n) is 7.92. The molecular formula is C26H23ClN4O2. The molecule has 7 heteroatoms. The zero-order valence-electron chi connectivity index (χ0n) is 17.9. The Bertz CT molecular complexity index is 1360. The lowest BCUT2D eigenvalue weighted by Gasteiger charge is -2.28. The fourth-order valence-corrected chi connectivity index (χ4v) is 4.43. The predicted octanol–water partition coefficient (Wildman–Crippen LogP) is 4.34. The van der Waals surface area contributed by atoms with Gasteiger partial charge in [-0.05, 0) is 41.5 Å². The first-order valence-electron chi connectivity index (χ1n) is 10.8. The van der Waals surface area contributed by atoms with Crippen molar-refractivity contribution in [3.8, 4) is 33.7 Å². The third kappa shape index (κ3) is 4.23. The van der Waals surface area contributed by atoms with Crippen molar-refractivity contribution in [3.05, 3.63) is 94.5 Å². The first-order chi connectivity index (χ1) is 16.1. The fraction of sp³-hybridized carbons (Fsp3) is 0.154. The average Bonchev–Trinajstić information content (AvgIpc) is 2.85. The van der Waals surface area contributed by atoms with Crippen molar-refractivity contribution in [1.29, 1.82) is 0 Å². The normalized spacial score (nSPS) is 13.8. The van der Waals surface area contributed by atoms with Gasteiger partial charge < -0.3 is 15.3 Å². The maximum Gasteiger partial charge on any atom is 0.255 e. The number of rotatable bonds is 4. The van der Waals surface area contributed by atoms with Crippen molar-refractivity contribution in [3.63, 3.8) is 0 Å². The minimum absolute atomic E-state index is 0.157. The van der Waals surface area contributed by atoms with Gasteiger partial charge in [0.1, 0.15) is 11.6 Å². The Morgan fingerprint density at radius 3 is 2.39 bits per heavy atom. The van der Waals surface area contributed by atoms with Gasteiger partial charge in [-0.3, -0.25) is 9.36 Å². The summed E-state index contributed by atoms with van der Waals surface area (Å²) in [6.45, 7) is 3.66. The van der Waals surface area contributed by atoms with Gasteiger partial charge in [-0.15, -0.1) is 0 Å². The highest BCUT2D eigenvalue weighted by atomic mass is 35.5. The van der Waals surface area contributed by atoms with Gasteiger partial charge in [-0.2, -0.15) is 0 Å². The molecule has 1 aliphatic heterocycles.